The number of morpholine rings is 1. The van der Waals surface area contributed by atoms with E-state index in [9.17, 15) is 9.59 Å². The molecule has 4 unspecified atom stereocenters. The molecule has 5 atom stereocenters. The van der Waals surface area contributed by atoms with Crippen molar-refractivity contribution < 1.29 is 13.9 Å². The van der Waals surface area contributed by atoms with Gasteiger partial charge in [0.25, 0.3) is 0 Å². The predicted octanol–water partition coefficient (Wildman–Crippen LogP) is 3.01. The second-order valence-corrected chi connectivity index (χ2v) is 10.8. The molecule has 6 rings (SSSR count). The lowest BCUT2D eigenvalue weighted by molar-refractivity contribution is -0.136. The maximum Gasteiger partial charge on any atom is 0.308 e. The number of carbonyl (C=O) groups excluding carboxylic acids is 1. The monoisotopic (exact) mass is 432 g/mol. The van der Waals surface area contributed by atoms with Crippen molar-refractivity contribution in [3.05, 3.63) is 38.7 Å². The summed E-state index contributed by atoms with van der Waals surface area (Å²) in [5.41, 5.74) is 0. The van der Waals surface area contributed by atoms with Crippen LogP contribution < -0.4 is 4.87 Å². The Balaban J connectivity index is 1.39. The van der Waals surface area contributed by atoms with E-state index in [0.717, 1.165) is 27.5 Å². The molecule has 2 aromatic heterocycles. The Hall–Kier alpha value is -1.51. The summed E-state index contributed by atoms with van der Waals surface area (Å²) >= 11 is 3.18. The van der Waals surface area contributed by atoms with Gasteiger partial charge in [0.2, 0.25) is 5.91 Å². The van der Waals surface area contributed by atoms with E-state index in [1.165, 1.54) is 30.6 Å². The number of ether oxygens (including phenoxy) is 1. The maximum absolute atomic E-state index is 13.0. The number of hydrogen-bond acceptors (Lipinski definition) is 6. The van der Waals surface area contributed by atoms with Gasteiger partial charge < -0.3 is 14.1 Å². The van der Waals surface area contributed by atoms with Crippen LogP contribution in [0.4, 0.5) is 0 Å². The van der Waals surface area contributed by atoms with E-state index in [1.807, 2.05) is 22.7 Å². The van der Waals surface area contributed by atoms with Crippen LogP contribution in [-0.2, 0) is 16.1 Å². The molecule has 2 aromatic rings. The van der Waals surface area contributed by atoms with Crippen molar-refractivity contribution in [2.24, 2.45) is 17.8 Å². The first-order valence-corrected chi connectivity index (χ1v) is 12.2. The van der Waals surface area contributed by atoms with Gasteiger partial charge in [-0.25, -0.2) is 0 Å². The Bertz CT molecular complexity index is 975. The van der Waals surface area contributed by atoms with Crippen LogP contribution in [0.1, 0.15) is 35.8 Å². The standard InChI is InChI=1S/C21H24N2O4S2/c24-15(22-5-8-26-9-6-22)11-23-20-19(29-21(23)25)17(14-2-1-7-27-14)16-12-3-4-13(10-12)18(16)28-20/h1-2,7,12-13,16-18H,3-6,8-11H2/t12?,13?,16?,17-,18?/m1/s1. The van der Waals surface area contributed by atoms with Crippen molar-refractivity contribution in [2.75, 3.05) is 26.3 Å². The average molecular weight is 433 g/mol. The molecule has 4 heterocycles. The number of rotatable bonds is 3. The minimum Gasteiger partial charge on any atom is -0.469 e. The number of nitrogens with zero attached hydrogens (tertiary/aromatic N) is 2. The minimum atomic E-state index is -0.0204. The Morgan fingerprint density at radius 2 is 2.03 bits per heavy atom. The van der Waals surface area contributed by atoms with E-state index < -0.39 is 0 Å². The molecule has 3 fully saturated rings. The van der Waals surface area contributed by atoms with Crippen LogP contribution in [0, 0.1) is 17.8 Å². The fourth-order valence-corrected chi connectivity index (χ4v) is 9.05. The van der Waals surface area contributed by atoms with Gasteiger partial charge in [-0.2, -0.15) is 0 Å². The highest BCUT2D eigenvalue weighted by atomic mass is 32.2. The highest BCUT2D eigenvalue weighted by Crippen LogP contribution is 2.64. The third-order valence-corrected chi connectivity index (χ3v) is 10.0. The molecule has 0 N–H and O–H groups in total. The Morgan fingerprint density at radius 1 is 1.21 bits per heavy atom. The first kappa shape index (κ1) is 18.3. The van der Waals surface area contributed by atoms with E-state index in [0.29, 0.717) is 37.5 Å². The van der Waals surface area contributed by atoms with Gasteiger partial charge in [-0.05, 0) is 49.1 Å². The molecule has 0 radical (unpaired) electrons. The molecule has 4 aliphatic rings. The summed E-state index contributed by atoms with van der Waals surface area (Å²) in [6.45, 7) is 2.50. The number of aromatic nitrogens is 1. The van der Waals surface area contributed by atoms with Gasteiger partial charge in [0.15, 0.2) is 0 Å². The molecule has 8 heteroatoms. The Kier molecular flexibility index (Phi) is 4.43. The van der Waals surface area contributed by atoms with E-state index in [4.69, 9.17) is 9.15 Å². The number of furan rings is 1. The summed E-state index contributed by atoms with van der Waals surface area (Å²) in [7, 11) is 0. The van der Waals surface area contributed by atoms with Crippen molar-refractivity contribution in [3.63, 3.8) is 0 Å². The Morgan fingerprint density at radius 3 is 2.83 bits per heavy atom. The first-order valence-electron chi connectivity index (χ1n) is 10.5. The zero-order valence-corrected chi connectivity index (χ0v) is 17.8. The van der Waals surface area contributed by atoms with Gasteiger partial charge in [-0.1, -0.05) is 11.3 Å². The zero-order chi connectivity index (χ0) is 19.5. The van der Waals surface area contributed by atoms with Crippen LogP contribution in [0.3, 0.4) is 0 Å². The summed E-state index contributed by atoms with van der Waals surface area (Å²) in [4.78, 5) is 28.7. The molecular formula is C21H24N2O4S2. The fourth-order valence-electron chi connectivity index (χ4n) is 5.92. The quantitative estimate of drug-likeness (QED) is 0.746. The molecular weight excluding hydrogens is 408 g/mol. The molecule has 2 aliphatic carbocycles. The van der Waals surface area contributed by atoms with Crippen LogP contribution in [0.15, 0.2) is 32.6 Å². The summed E-state index contributed by atoms with van der Waals surface area (Å²) in [5, 5.41) is 1.53. The summed E-state index contributed by atoms with van der Waals surface area (Å²) in [5.74, 6) is 3.13. The van der Waals surface area contributed by atoms with E-state index in [2.05, 4.69) is 6.07 Å². The number of carbonyl (C=O) groups is 1. The van der Waals surface area contributed by atoms with Gasteiger partial charge >= 0.3 is 4.87 Å². The van der Waals surface area contributed by atoms with Crippen molar-refractivity contribution in [3.8, 4) is 0 Å². The highest BCUT2D eigenvalue weighted by Gasteiger charge is 2.56. The zero-order valence-electron chi connectivity index (χ0n) is 16.1. The molecule has 2 saturated carbocycles. The third kappa shape index (κ3) is 2.86. The summed E-state index contributed by atoms with van der Waals surface area (Å²) < 4.78 is 13.0. The van der Waals surface area contributed by atoms with Crippen LogP contribution >= 0.6 is 23.1 Å². The van der Waals surface area contributed by atoms with Crippen LogP contribution in [0.5, 0.6) is 0 Å². The normalized spacial score (nSPS) is 33.0. The van der Waals surface area contributed by atoms with Crippen LogP contribution in [0.2, 0.25) is 0 Å². The summed E-state index contributed by atoms with van der Waals surface area (Å²) in [6.07, 6.45) is 5.62. The smallest absolute Gasteiger partial charge is 0.308 e. The average Bonchev–Trinajstić information content (AvgIpc) is 3.53. The first-order chi connectivity index (χ1) is 14.2. The Labute approximate surface area is 177 Å². The van der Waals surface area contributed by atoms with Crippen molar-refractivity contribution in [1.82, 2.24) is 9.47 Å². The maximum atomic E-state index is 13.0. The predicted molar refractivity (Wildman–Crippen MR) is 110 cm³/mol. The van der Waals surface area contributed by atoms with Crippen molar-refractivity contribution in [2.45, 2.75) is 42.0 Å². The topological polar surface area (TPSA) is 64.7 Å². The molecule has 2 bridgehead atoms. The lowest BCUT2D eigenvalue weighted by Gasteiger charge is -2.39. The van der Waals surface area contributed by atoms with Crippen LogP contribution in [-0.4, -0.2) is 46.9 Å². The second kappa shape index (κ2) is 7.03. The second-order valence-electron chi connectivity index (χ2n) is 8.60. The minimum absolute atomic E-state index is 0.0150. The number of fused-ring (bicyclic) bond motifs is 6. The lowest BCUT2D eigenvalue weighted by Crippen LogP contribution is -2.43. The number of thioether (sulfide) groups is 1. The third-order valence-electron chi connectivity index (χ3n) is 7.20. The number of hydrogen-bond donors (Lipinski definition) is 0. The van der Waals surface area contributed by atoms with E-state index in [1.54, 1.807) is 10.8 Å². The van der Waals surface area contributed by atoms with Gasteiger partial charge in [0.05, 0.1) is 35.3 Å². The van der Waals surface area contributed by atoms with E-state index >= 15 is 0 Å². The summed E-state index contributed by atoms with van der Waals surface area (Å²) in [6, 6.07) is 4.00. The van der Waals surface area contributed by atoms with Gasteiger partial charge in [0, 0.05) is 18.3 Å². The number of amides is 1. The SMILES string of the molecule is O=C(Cn1c2c(sc1=O)[C@H](c1ccco1)C1C3CCC(C3)C1S2)N1CCOCC1. The molecule has 0 spiro atoms. The molecule has 2 aliphatic heterocycles. The van der Waals surface area contributed by atoms with Crippen molar-refractivity contribution >= 4 is 29.0 Å². The van der Waals surface area contributed by atoms with E-state index in [-0.39, 0.29) is 23.2 Å². The highest BCUT2D eigenvalue weighted by molar-refractivity contribution is 8.00. The van der Waals surface area contributed by atoms with Gasteiger partial charge in [0.1, 0.15) is 12.3 Å². The van der Waals surface area contributed by atoms with Gasteiger partial charge in [-0.15, -0.1) is 11.8 Å². The van der Waals surface area contributed by atoms with Crippen molar-refractivity contribution in [1.29, 1.82) is 0 Å². The molecule has 0 aromatic carbocycles. The fraction of sp³-hybridized carbons (Fsp3) is 0.619. The molecule has 29 heavy (non-hydrogen) atoms. The number of thiazole rings is 1. The molecule has 154 valence electrons. The largest absolute Gasteiger partial charge is 0.469 e. The molecule has 6 nitrogen and oxygen atoms in total. The molecule has 1 saturated heterocycles. The van der Waals surface area contributed by atoms with Gasteiger partial charge in [-0.3, -0.25) is 14.2 Å². The lowest BCUT2D eigenvalue weighted by atomic mass is 9.77. The van der Waals surface area contributed by atoms with Crippen LogP contribution in [0.25, 0.3) is 0 Å². The molecule has 1 amide bonds.